The van der Waals surface area contributed by atoms with Crippen LogP contribution in [0.1, 0.15) is 18.1 Å². The van der Waals surface area contributed by atoms with Gasteiger partial charge in [0, 0.05) is 13.6 Å². The fourth-order valence-corrected chi connectivity index (χ4v) is 2.44. The summed E-state index contributed by atoms with van der Waals surface area (Å²) in [5.41, 5.74) is 2.31. The highest BCUT2D eigenvalue weighted by molar-refractivity contribution is 8.00. The van der Waals surface area contributed by atoms with E-state index in [1.54, 1.807) is 10.9 Å². The summed E-state index contributed by atoms with van der Waals surface area (Å²) >= 11 is 1.40. The van der Waals surface area contributed by atoms with Crippen molar-refractivity contribution in [2.45, 2.75) is 30.8 Å². The molecule has 0 aliphatic rings. The Kier molecular flexibility index (Phi) is 4.79. The first kappa shape index (κ1) is 14.6. The van der Waals surface area contributed by atoms with E-state index < -0.39 is 0 Å². The summed E-state index contributed by atoms with van der Waals surface area (Å²) in [6, 6.07) is 8.13. The van der Waals surface area contributed by atoms with E-state index in [-0.39, 0.29) is 11.2 Å². The van der Waals surface area contributed by atoms with Crippen LogP contribution in [0.2, 0.25) is 0 Å². The van der Waals surface area contributed by atoms with Gasteiger partial charge in [0.1, 0.15) is 6.33 Å². The predicted octanol–water partition coefficient (Wildman–Crippen LogP) is 1.92. The van der Waals surface area contributed by atoms with Crippen molar-refractivity contribution in [2.24, 2.45) is 7.05 Å². The molecule has 1 aromatic heterocycles. The lowest BCUT2D eigenvalue weighted by atomic mass is 10.1. The molecule has 1 atom stereocenters. The van der Waals surface area contributed by atoms with Gasteiger partial charge in [0.2, 0.25) is 5.91 Å². The minimum Gasteiger partial charge on any atom is -0.351 e. The molecule has 2 rings (SSSR count). The molecule has 1 aromatic carbocycles. The zero-order chi connectivity index (χ0) is 14.5. The quantitative estimate of drug-likeness (QED) is 0.855. The second-order valence-electron chi connectivity index (χ2n) is 4.69. The standard InChI is InChI=1S/C14H18N4OS/c1-10-4-6-12(7-5-10)8-15-13(19)11(2)20-14-17-16-9-18(14)3/h4-7,9,11H,8H2,1-3H3,(H,15,19)/t11-/m1/s1. The van der Waals surface area contributed by atoms with Crippen LogP contribution in [0.3, 0.4) is 0 Å². The fourth-order valence-electron chi connectivity index (χ4n) is 1.63. The van der Waals surface area contributed by atoms with E-state index in [0.29, 0.717) is 6.54 Å². The number of amides is 1. The molecule has 20 heavy (non-hydrogen) atoms. The summed E-state index contributed by atoms with van der Waals surface area (Å²) in [5, 5.41) is 11.2. The van der Waals surface area contributed by atoms with Crippen molar-refractivity contribution in [3.8, 4) is 0 Å². The molecule has 106 valence electrons. The van der Waals surface area contributed by atoms with Gasteiger partial charge in [-0.2, -0.15) is 0 Å². The first-order chi connectivity index (χ1) is 9.56. The van der Waals surface area contributed by atoms with E-state index in [9.17, 15) is 4.79 Å². The van der Waals surface area contributed by atoms with Gasteiger partial charge in [-0.15, -0.1) is 10.2 Å². The third-order valence-corrected chi connectivity index (χ3v) is 4.06. The summed E-state index contributed by atoms with van der Waals surface area (Å²) in [5.74, 6) is -0.00132. The summed E-state index contributed by atoms with van der Waals surface area (Å²) < 4.78 is 1.80. The molecule has 0 unspecified atom stereocenters. The monoisotopic (exact) mass is 290 g/mol. The van der Waals surface area contributed by atoms with Gasteiger partial charge in [-0.25, -0.2) is 0 Å². The summed E-state index contributed by atoms with van der Waals surface area (Å²) in [6.45, 7) is 4.45. The highest BCUT2D eigenvalue weighted by Crippen LogP contribution is 2.19. The molecule has 2 aromatic rings. The van der Waals surface area contributed by atoms with Crippen LogP contribution in [0.25, 0.3) is 0 Å². The number of benzene rings is 1. The number of thioether (sulfide) groups is 1. The molecule has 0 aliphatic heterocycles. The molecular formula is C14H18N4OS. The smallest absolute Gasteiger partial charge is 0.233 e. The fraction of sp³-hybridized carbons (Fsp3) is 0.357. The van der Waals surface area contributed by atoms with Crippen LogP contribution in [-0.4, -0.2) is 25.9 Å². The summed E-state index contributed by atoms with van der Waals surface area (Å²) in [6.07, 6.45) is 1.62. The molecule has 1 amide bonds. The Morgan fingerprint density at radius 1 is 1.40 bits per heavy atom. The van der Waals surface area contributed by atoms with Crippen molar-refractivity contribution < 1.29 is 4.79 Å². The zero-order valence-electron chi connectivity index (χ0n) is 11.8. The summed E-state index contributed by atoms with van der Waals surface area (Å²) in [7, 11) is 1.86. The van der Waals surface area contributed by atoms with Gasteiger partial charge in [-0.05, 0) is 19.4 Å². The van der Waals surface area contributed by atoms with Gasteiger partial charge in [0.25, 0.3) is 0 Å². The number of aromatic nitrogens is 3. The Morgan fingerprint density at radius 3 is 2.70 bits per heavy atom. The average Bonchev–Trinajstić information content (AvgIpc) is 2.83. The average molecular weight is 290 g/mol. The maximum Gasteiger partial charge on any atom is 0.233 e. The van der Waals surface area contributed by atoms with Crippen LogP contribution in [0, 0.1) is 6.92 Å². The minimum absolute atomic E-state index is 0.00132. The Bertz CT molecular complexity index is 579. The molecule has 0 saturated carbocycles. The van der Waals surface area contributed by atoms with Crippen LogP contribution in [0.4, 0.5) is 0 Å². The third kappa shape index (κ3) is 3.84. The number of aryl methyl sites for hydroxylation is 2. The van der Waals surface area contributed by atoms with Crippen molar-refractivity contribution in [3.63, 3.8) is 0 Å². The lowest BCUT2D eigenvalue weighted by Gasteiger charge is -2.11. The van der Waals surface area contributed by atoms with Crippen LogP contribution >= 0.6 is 11.8 Å². The molecule has 0 spiro atoms. The maximum atomic E-state index is 12.0. The number of nitrogens with zero attached hydrogens (tertiary/aromatic N) is 3. The second kappa shape index (κ2) is 6.56. The van der Waals surface area contributed by atoms with Crippen molar-refractivity contribution in [2.75, 3.05) is 0 Å². The maximum absolute atomic E-state index is 12.0. The van der Waals surface area contributed by atoms with Gasteiger partial charge < -0.3 is 9.88 Å². The van der Waals surface area contributed by atoms with Crippen LogP contribution in [-0.2, 0) is 18.4 Å². The SMILES string of the molecule is Cc1ccc(CNC(=O)[C@@H](C)Sc2nncn2C)cc1. The van der Waals surface area contributed by atoms with Crippen LogP contribution in [0.5, 0.6) is 0 Å². The first-order valence-corrected chi connectivity index (χ1v) is 7.28. The molecule has 5 nitrogen and oxygen atoms in total. The van der Waals surface area contributed by atoms with E-state index in [4.69, 9.17) is 0 Å². The predicted molar refractivity (Wildman–Crippen MR) is 79.3 cm³/mol. The van der Waals surface area contributed by atoms with Crippen LogP contribution < -0.4 is 5.32 Å². The van der Waals surface area contributed by atoms with Gasteiger partial charge in [0.15, 0.2) is 5.16 Å². The number of nitrogens with one attached hydrogen (secondary N) is 1. The number of rotatable bonds is 5. The van der Waals surface area contributed by atoms with E-state index in [1.807, 2.05) is 45.2 Å². The topological polar surface area (TPSA) is 59.8 Å². The highest BCUT2D eigenvalue weighted by Gasteiger charge is 2.16. The highest BCUT2D eigenvalue weighted by atomic mass is 32.2. The number of carbonyl (C=O) groups is 1. The van der Waals surface area contributed by atoms with Gasteiger partial charge in [0.05, 0.1) is 5.25 Å². The van der Waals surface area contributed by atoms with Crippen molar-refractivity contribution in [1.29, 1.82) is 0 Å². The van der Waals surface area contributed by atoms with Crippen molar-refractivity contribution in [1.82, 2.24) is 20.1 Å². The molecule has 0 saturated heterocycles. The first-order valence-electron chi connectivity index (χ1n) is 6.40. The molecule has 6 heteroatoms. The van der Waals surface area contributed by atoms with Crippen molar-refractivity contribution >= 4 is 17.7 Å². The lowest BCUT2D eigenvalue weighted by molar-refractivity contribution is -0.120. The molecule has 1 heterocycles. The van der Waals surface area contributed by atoms with Crippen molar-refractivity contribution in [3.05, 3.63) is 41.7 Å². The van der Waals surface area contributed by atoms with Gasteiger partial charge in [-0.1, -0.05) is 41.6 Å². The molecule has 0 radical (unpaired) electrons. The van der Waals surface area contributed by atoms with Gasteiger partial charge >= 0.3 is 0 Å². The molecule has 0 aliphatic carbocycles. The van der Waals surface area contributed by atoms with E-state index in [0.717, 1.165) is 10.7 Å². The molecule has 0 fully saturated rings. The Morgan fingerprint density at radius 2 is 2.10 bits per heavy atom. The zero-order valence-corrected chi connectivity index (χ0v) is 12.6. The number of hydrogen-bond donors (Lipinski definition) is 1. The van der Waals surface area contributed by atoms with Crippen LogP contribution in [0.15, 0.2) is 35.7 Å². The summed E-state index contributed by atoms with van der Waals surface area (Å²) in [4.78, 5) is 12.0. The normalized spacial score (nSPS) is 12.2. The Balaban J connectivity index is 1.85. The Labute approximate surface area is 122 Å². The van der Waals surface area contributed by atoms with E-state index >= 15 is 0 Å². The Hall–Kier alpha value is -1.82. The largest absolute Gasteiger partial charge is 0.351 e. The number of carbonyl (C=O) groups excluding carboxylic acids is 1. The minimum atomic E-state index is -0.205. The van der Waals surface area contributed by atoms with Gasteiger partial charge in [-0.3, -0.25) is 4.79 Å². The van der Waals surface area contributed by atoms with E-state index in [1.165, 1.54) is 17.3 Å². The second-order valence-corrected chi connectivity index (χ2v) is 6.00. The van der Waals surface area contributed by atoms with E-state index in [2.05, 4.69) is 15.5 Å². The number of hydrogen-bond acceptors (Lipinski definition) is 4. The third-order valence-electron chi connectivity index (χ3n) is 2.91. The molecular weight excluding hydrogens is 272 g/mol. The molecule has 0 bridgehead atoms. The molecule has 1 N–H and O–H groups in total. The lowest BCUT2D eigenvalue weighted by Crippen LogP contribution is -2.30.